The summed E-state index contributed by atoms with van der Waals surface area (Å²) in [6, 6.07) is 0.304. The Morgan fingerprint density at radius 3 is 2.90 bits per heavy atom. The molecule has 0 saturated heterocycles. The van der Waals surface area contributed by atoms with Crippen LogP contribution in [0.15, 0.2) is 6.33 Å². The lowest BCUT2D eigenvalue weighted by Gasteiger charge is -2.10. The number of hydrogen-bond acceptors (Lipinski definition) is 6. The number of methoxy groups -OCH3 is 1. The lowest BCUT2D eigenvalue weighted by atomic mass is 10.3. The summed E-state index contributed by atoms with van der Waals surface area (Å²) < 4.78 is 7.03. The Bertz CT molecular complexity index is 620. The smallest absolute Gasteiger partial charge is 0.273 e. The summed E-state index contributed by atoms with van der Waals surface area (Å²) in [4.78, 5) is 16.8. The zero-order valence-corrected chi connectivity index (χ0v) is 13.4. The van der Waals surface area contributed by atoms with Gasteiger partial charge >= 0.3 is 0 Å². The minimum Gasteiger partial charge on any atom is -0.473 e. The van der Waals surface area contributed by atoms with Crippen LogP contribution in [0.5, 0.6) is 5.19 Å². The zero-order valence-electron chi connectivity index (χ0n) is 12.6. The van der Waals surface area contributed by atoms with Crippen LogP contribution in [-0.2, 0) is 6.42 Å². The van der Waals surface area contributed by atoms with Gasteiger partial charge in [0.2, 0.25) is 0 Å². The van der Waals surface area contributed by atoms with Gasteiger partial charge in [0.05, 0.1) is 12.8 Å². The molecule has 2 aromatic rings. The van der Waals surface area contributed by atoms with Crippen LogP contribution in [0.2, 0.25) is 0 Å². The fourth-order valence-corrected chi connectivity index (χ4v) is 2.71. The van der Waals surface area contributed by atoms with Gasteiger partial charge < -0.3 is 14.6 Å². The van der Waals surface area contributed by atoms with Crippen molar-refractivity contribution in [3.8, 4) is 5.19 Å². The predicted octanol–water partition coefficient (Wildman–Crippen LogP) is 1.61. The van der Waals surface area contributed by atoms with E-state index in [1.165, 1.54) is 11.3 Å². The lowest BCUT2D eigenvalue weighted by Crippen LogP contribution is -2.26. The normalized spacial score (nSPS) is 10.9. The highest BCUT2D eigenvalue weighted by Gasteiger charge is 2.15. The first kappa shape index (κ1) is 15.4. The third-order valence-corrected chi connectivity index (χ3v) is 4.11. The summed E-state index contributed by atoms with van der Waals surface area (Å²) >= 11 is 1.25. The van der Waals surface area contributed by atoms with Crippen LogP contribution in [-0.4, -0.2) is 39.3 Å². The van der Waals surface area contributed by atoms with Crippen LogP contribution >= 0.6 is 11.3 Å². The molecule has 8 heteroatoms. The van der Waals surface area contributed by atoms with E-state index in [2.05, 4.69) is 34.3 Å². The van der Waals surface area contributed by atoms with Crippen molar-refractivity contribution in [1.29, 1.82) is 0 Å². The van der Waals surface area contributed by atoms with Crippen molar-refractivity contribution in [2.45, 2.75) is 33.2 Å². The maximum atomic E-state index is 12.1. The van der Waals surface area contributed by atoms with Crippen LogP contribution in [0.1, 0.15) is 41.1 Å². The molecule has 0 radical (unpaired) electrons. The Labute approximate surface area is 127 Å². The Hall–Kier alpha value is -1.96. The van der Waals surface area contributed by atoms with Crippen molar-refractivity contribution in [3.63, 3.8) is 0 Å². The van der Waals surface area contributed by atoms with Crippen molar-refractivity contribution < 1.29 is 9.53 Å². The second kappa shape index (κ2) is 6.66. The molecule has 0 aliphatic heterocycles. The summed E-state index contributed by atoms with van der Waals surface area (Å²) in [5.74, 6) is 0.729. The SMILES string of the molecule is COc1nc(C)c(C(=O)NCCc2nncn2C(C)C)s1. The first-order chi connectivity index (χ1) is 10.0. The van der Waals surface area contributed by atoms with Gasteiger partial charge in [-0.25, -0.2) is 4.98 Å². The van der Waals surface area contributed by atoms with Gasteiger partial charge in [-0.15, -0.1) is 10.2 Å². The molecule has 1 N–H and O–H groups in total. The fraction of sp³-hybridized carbons (Fsp3) is 0.538. The molecule has 0 atom stereocenters. The van der Waals surface area contributed by atoms with E-state index in [9.17, 15) is 4.79 Å². The third-order valence-electron chi connectivity index (χ3n) is 3.00. The van der Waals surface area contributed by atoms with Crippen LogP contribution in [0, 0.1) is 6.92 Å². The van der Waals surface area contributed by atoms with E-state index in [4.69, 9.17) is 4.74 Å². The number of carbonyl (C=O) groups is 1. The van der Waals surface area contributed by atoms with Crippen LogP contribution in [0.25, 0.3) is 0 Å². The minimum atomic E-state index is -0.135. The second-order valence-corrected chi connectivity index (χ2v) is 5.81. The molecule has 0 unspecified atom stereocenters. The number of aryl methyl sites for hydroxylation is 1. The van der Waals surface area contributed by atoms with Gasteiger partial charge in [-0.05, 0) is 20.8 Å². The number of hydrogen-bond donors (Lipinski definition) is 1. The lowest BCUT2D eigenvalue weighted by molar-refractivity contribution is 0.0957. The molecule has 114 valence electrons. The van der Waals surface area contributed by atoms with E-state index in [1.807, 2.05) is 4.57 Å². The highest BCUT2D eigenvalue weighted by Crippen LogP contribution is 2.23. The maximum absolute atomic E-state index is 12.1. The van der Waals surface area contributed by atoms with Crippen molar-refractivity contribution in [2.24, 2.45) is 0 Å². The highest BCUT2D eigenvalue weighted by atomic mass is 32.1. The Morgan fingerprint density at radius 2 is 2.29 bits per heavy atom. The van der Waals surface area contributed by atoms with E-state index in [-0.39, 0.29) is 5.91 Å². The Morgan fingerprint density at radius 1 is 1.52 bits per heavy atom. The number of ether oxygens (including phenoxy) is 1. The molecule has 2 rings (SSSR count). The van der Waals surface area contributed by atoms with Crippen LogP contribution < -0.4 is 10.1 Å². The molecule has 2 heterocycles. The van der Waals surface area contributed by atoms with Gasteiger partial charge in [-0.2, -0.15) is 0 Å². The molecular formula is C13H19N5O2S. The van der Waals surface area contributed by atoms with Gasteiger partial charge in [-0.1, -0.05) is 11.3 Å². The summed E-state index contributed by atoms with van der Waals surface area (Å²) in [7, 11) is 1.54. The molecule has 0 saturated carbocycles. The number of thiazole rings is 1. The number of rotatable bonds is 6. The fourth-order valence-electron chi connectivity index (χ4n) is 1.91. The Kier molecular flexibility index (Phi) is 4.89. The predicted molar refractivity (Wildman–Crippen MR) is 79.8 cm³/mol. The van der Waals surface area contributed by atoms with E-state index < -0.39 is 0 Å². The largest absolute Gasteiger partial charge is 0.473 e. The first-order valence-corrected chi connectivity index (χ1v) is 7.52. The van der Waals surface area contributed by atoms with Gasteiger partial charge in [0.15, 0.2) is 0 Å². The van der Waals surface area contributed by atoms with Crippen molar-refractivity contribution in [3.05, 3.63) is 22.7 Å². The maximum Gasteiger partial charge on any atom is 0.273 e. The minimum absolute atomic E-state index is 0.135. The van der Waals surface area contributed by atoms with Gasteiger partial charge in [0.25, 0.3) is 11.1 Å². The highest BCUT2D eigenvalue weighted by molar-refractivity contribution is 7.15. The van der Waals surface area contributed by atoms with Crippen molar-refractivity contribution in [2.75, 3.05) is 13.7 Å². The molecular weight excluding hydrogens is 290 g/mol. The van der Waals surface area contributed by atoms with Crippen LogP contribution in [0.3, 0.4) is 0 Å². The number of amides is 1. The van der Waals surface area contributed by atoms with Crippen LogP contribution in [0.4, 0.5) is 0 Å². The summed E-state index contributed by atoms with van der Waals surface area (Å²) in [5.41, 5.74) is 0.680. The van der Waals surface area contributed by atoms with Crippen molar-refractivity contribution >= 4 is 17.2 Å². The average Bonchev–Trinajstić information content (AvgIpc) is 3.05. The monoisotopic (exact) mass is 309 g/mol. The van der Waals surface area contributed by atoms with E-state index in [0.29, 0.717) is 34.8 Å². The standard InChI is InChI=1S/C13H19N5O2S/c1-8(2)18-7-15-17-10(18)5-6-14-12(19)11-9(3)16-13(20-4)21-11/h7-8H,5-6H2,1-4H3,(H,14,19). The number of nitrogens with zero attached hydrogens (tertiary/aromatic N) is 4. The van der Waals surface area contributed by atoms with E-state index in [1.54, 1.807) is 20.4 Å². The summed E-state index contributed by atoms with van der Waals surface area (Å²) in [5, 5.41) is 11.4. The average molecular weight is 309 g/mol. The molecule has 0 bridgehead atoms. The molecule has 0 spiro atoms. The number of nitrogens with one attached hydrogen (secondary N) is 1. The summed E-state index contributed by atoms with van der Waals surface area (Å²) in [6.45, 7) is 6.43. The van der Waals surface area contributed by atoms with Gasteiger partial charge in [-0.3, -0.25) is 4.79 Å². The zero-order chi connectivity index (χ0) is 15.4. The van der Waals surface area contributed by atoms with E-state index >= 15 is 0 Å². The third kappa shape index (κ3) is 3.57. The molecule has 21 heavy (non-hydrogen) atoms. The number of carbonyl (C=O) groups excluding carboxylic acids is 1. The first-order valence-electron chi connectivity index (χ1n) is 6.71. The van der Waals surface area contributed by atoms with Gasteiger partial charge in [0.1, 0.15) is 17.0 Å². The second-order valence-electron chi connectivity index (χ2n) is 4.85. The molecule has 7 nitrogen and oxygen atoms in total. The Balaban J connectivity index is 1.92. The topological polar surface area (TPSA) is 81.9 Å². The molecule has 0 aliphatic rings. The summed E-state index contributed by atoms with van der Waals surface area (Å²) in [6.07, 6.45) is 2.35. The van der Waals surface area contributed by atoms with Gasteiger partial charge in [0, 0.05) is 19.0 Å². The molecule has 2 aromatic heterocycles. The van der Waals surface area contributed by atoms with Crippen molar-refractivity contribution in [1.82, 2.24) is 25.1 Å². The van der Waals surface area contributed by atoms with E-state index in [0.717, 1.165) is 5.82 Å². The quantitative estimate of drug-likeness (QED) is 0.876. The number of aromatic nitrogens is 4. The molecule has 1 amide bonds. The molecule has 0 aromatic carbocycles. The molecule has 0 aliphatic carbocycles. The molecule has 0 fully saturated rings.